The molecule has 0 spiro atoms. The van der Waals surface area contributed by atoms with Gasteiger partial charge in [-0.15, -0.1) is 0 Å². The van der Waals surface area contributed by atoms with E-state index in [0.717, 1.165) is 35.8 Å². The Hall–Kier alpha value is -3.35. The smallest absolute Gasteiger partial charge is 0.257 e. The first kappa shape index (κ1) is 18.0. The maximum Gasteiger partial charge on any atom is 0.257 e. The Balaban J connectivity index is 1.50. The van der Waals surface area contributed by atoms with Crippen molar-refractivity contribution < 1.29 is 9.53 Å². The highest BCUT2D eigenvalue weighted by Gasteiger charge is 2.26. The van der Waals surface area contributed by atoms with Crippen molar-refractivity contribution in [1.82, 2.24) is 20.1 Å². The lowest BCUT2D eigenvalue weighted by atomic mass is 10.1. The van der Waals surface area contributed by atoms with Gasteiger partial charge in [-0.3, -0.25) is 9.89 Å². The van der Waals surface area contributed by atoms with E-state index >= 15 is 0 Å². The molecule has 1 fully saturated rings. The predicted octanol–water partition coefficient (Wildman–Crippen LogP) is 2.75. The topological polar surface area (TPSA) is 74.3 Å². The Morgan fingerprint density at radius 1 is 1.14 bits per heavy atom. The maximum atomic E-state index is 13.1. The van der Waals surface area contributed by atoms with Crippen LogP contribution >= 0.6 is 0 Å². The van der Waals surface area contributed by atoms with Gasteiger partial charge in [0.15, 0.2) is 0 Å². The van der Waals surface area contributed by atoms with Gasteiger partial charge in [-0.1, -0.05) is 18.2 Å². The molecule has 1 saturated heterocycles. The molecule has 0 atom stereocenters. The van der Waals surface area contributed by atoms with Gasteiger partial charge in [0.1, 0.15) is 11.6 Å². The minimum Gasteiger partial charge on any atom is -0.497 e. The van der Waals surface area contributed by atoms with Gasteiger partial charge >= 0.3 is 0 Å². The molecule has 1 N–H and O–H groups in total. The lowest BCUT2D eigenvalue weighted by Crippen LogP contribution is -2.49. The van der Waals surface area contributed by atoms with E-state index in [-0.39, 0.29) is 5.91 Å². The molecule has 0 unspecified atom stereocenters. The number of amides is 1. The summed E-state index contributed by atoms with van der Waals surface area (Å²) in [7, 11) is 1.63. The van der Waals surface area contributed by atoms with Gasteiger partial charge < -0.3 is 14.5 Å². The van der Waals surface area contributed by atoms with Crippen molar-refractivity contribution in [2.45, 2.75) is 6.92 Å². The molecule has 7 heteroatoms. The minimum atomic E-state index is -0.0102. The number of H-pyrrole nitrogens is 1. The Morgan fingerprint density at radius 2 is 1.96 bits per heavy atom. The number of hydrogen-bond acceptors (Lipinski definition) is 5. The zero-order chi connectivity index (χ0) is 19.5. The molecule has 0 bridgehead atoms. The summed E-state index contributed by atoms with van der Waals surface area (Å²) in [4.78, 5) is 21.7. The van der Waals surface area contributed by atoms with Crippen LogP contribution in [0.25, 0.3) is 11.3 Å². The minimum absolute atomic E-state index is 0.0102. The van der Waals surface area contributed by atoms with Crippen LogP contribution in [0.3, 0.4) is 0 Å². The van der Waals surface area contributed by atoms with Crippen molar-refractivity contribution in [1.29, 1.82) is 0 Å². The van der Waals surface area contributed by atoms with Crippen molar-refractivity contribution in [3.8, 4) is 17.0 Å². The number of carbonyl (C=O) groups is 1. The Morgan fingerprint density at radius 3 is 2.71 bits per heavy atom. The average Bonchev–Trinajstić information content (AvgIpc) is 3.24. The number of hydrogen-bond donors (Lipinski definition) is 1. The zero-order valence-electron chi connectivity index (χ0n) is 16.1. The maximum absolute atomic E-state index is 13.1. The van der Waals surface area contributed by atoms with Gasteiger partial charge in [0.2, 0.25) is 0 Å². The predicted molar refractivity (Wildman–Crippen MR) is 108 cm³/mol. The van der Waals surface area contributed by atoms with Crippen LogP contribution < -0.4 is 9.64 Å². The van der Waals surface area contributed by atoms with Crippen LogP contribution in [0.2, 0.25) is 0 Å². The number of aryl methyl sites for hydroxylation is 1. The molecule has 0 saturated carbocycles. The second-order valence-electron chi connectivity index (χ2n) is 6.81. The van der Waals surface area contributed by atoms with E-state index < -0.39 is 0 Å². The summed E-state index contributed by atoms with van der Waals surface area (Å²) in [5, 5.41) is 7.07. The molecule has 7 nitrogen and oxygen atoms in total. The van der Waals surface area contributed by atoms with Crippen molar-refractivity contribution in [2.24, 2.45) is 0 Å². The monoisotopic (exact) mass is 377 g/mol. The Kier molecular flexibility index (Phi) is 4.97. The van der Waals surface area contributed by atoms with Crippen LogP contribution in [0.15, 0.2) is 48.8 Å². The lowest BCUT2D eigenvalue weighted by molar-refractivity contribution is 0.0747. The first-order valence-electron chi connectivity index (χ1n) is 9.31. The highest BCUT2D eigenvalue weighted by molar-refractivity contribution is 6.00. The summed E-state index contributed by atoms with van der Waals surface area (Å²) in [5.74, 6) is 1.73. The summed E-state index contributed by atoms with van der Waals surface area (Å²) in [6.45, 7) is 4.88. The number of aromatic amines is 1. The number of methoxy groups -OCH3 is 1. The molecular weight excluding hydrogens is 354 g/mol. The number of aromatic nitrogens is 3. The molecule has 1 aliphatic heterocycles. The van der Waals surface area contributed by atoms with Gasteiger partial charge in [-0.25, -0.2) is 4.98 Å². The second-order valence-corrected chi connectivity index (χ2v) is 6.81. The molecule has 2 aromatic heterocycles. The standard InChI is InChI=1S/C21H23N5O2/c1-15-5-4-8-22-20(15)25-9-11-26(12-10-25)21(27)18-14-23-24-19(18)16-6-3-7-17(13-16)28-2/h3-8,13-14H,9-12H2,1-2H3,(H,23,24). The molecule has 1 aromatic carbocycles. The molecule has 0 radical (unpaired) electrons. The van der Waals surface area contributed by atoms with E-state index in [1.807, 2.05) is 41.4 Å². The van der Waals surface area contributed by atoms with Crippen LogP contribution in [0.5, 0.6) is 5.75 Å². The molecular formula is C21H23N5O2. The van der Waals surface area contributed by atoms with Crippen molar-refractivity contribution in [3.63, 3.8) is 0 Å². The number of anilines is 1. The van der Waals surface area contributed by atoms with Gasteiger partial charge in [0.05, 0.1) is 24.6 Å². The number of nitrogens with zero attached hydrogens (tertiary/aromatic N) is 4. The number of nitrogens with one attached hydrogen (secondary N) is 1. The molecule has 28 heavy (non-hydrogen) atoms. The van der Waals surface area contributed by atoms with E-state index in [9.17, 15) is 4.79 Å². The van der Waals surface area contributed by atoms with Crippen molar-refractivity contribution >= 4 is 11.7 Å². The summed E-state index contributed by atoms with van der Waals surface area (Å²) >= 11 is 0. The third-order valence-electron chi connectivity index (χ3n) is 5.08. The molecule has 4 rings (SSSR count). The third kappa shape index (κ3) is 3.43. The van der Waals surface area contributed by atoms with E-state index in [1.54, 1.807) is 13.3 Å². The van der Waals surface area contributed by atoms with E-state index in [0.29, 0.717) is 24.3 Å². The Labute approximate surface area is 164 Å². The van der Waals surface area contributed by atoms with E-state index in [4.69, 9.17) is 4.74 Å². The molecule has 3 aromatic rings. The van der Waals surface area contributed by atoms with Crippen LogP contribution in [-0.2, 0) is 0 Å². The zero-order valence-corrected chi connectivity index (χ0v) is 16.1. The van der Waals surface area contributed by atoms with Gasteiger partial charge in [0, 0.05) is 37.9 Å². The fourth-order valence-electron chi connectivity index (χ4n) is 3.55. The normalized spacial score (nSPS) is 14.2. The van der Waals surface area contributed by atoms with E-state index in [1.165, 1.54) is 0 Å². The first-order valence-corrected chi connectivity index (χ1v) is 9.31. The molecule has 0 aliphatic carbocycles. The fourth-order valence-corrected chi connectivity index (χ4v) is 3.55. The number of piperazine rings is 1. The number of carbonyl (C=O) groups excluding carboxylic acids is 1. The van der Waals surface area contributed by atoms with Crippen LogP contribution in [0.1, 0.15) is 15.9 Å². The van der Waals surface area contributed by atoms with E-state index in [2.05, 4.69) is 33.1 Å². The van der Waals surface area contributed by atoms with Crippen LogP contribution in [0, 0.1) is 6.92 Å². The van der Waals surface area contributed by atoms with Crippen molar-refractivity contribution in [2.75, 3.05) is 38.2 Å². The lowest BCUT2D eigenvalue weighted by Gasteiger charge is -2.36. The fraction of sp³-hybridized carbons (Fsp3) is 0.286. The average molecular weight is 377 g/mol. The third-order valence-corrected chi connectivity index (χ3v) is 5.08. The largest absolute Gasteiger partial charge is 0.497 e. The van der Waals surface area contributed by atoms with Gasteiger partial charge in [0.25, 0.3) is 5.91 Å². The number of pyridine rings is 1. The molecule has 1 aliphatic rings. The van der Waals surface area contributed by atoms with Gasteiger partial charge in [-0.2, -0.15) is 5.10 Å². The first-order chi connectivity index (χ1) is 13.7. The summed E-state index contributed by atoms with van der Waals surface area (Å²) in [5.41, 5.74) is 3.32. The summed E-state index contributed by atoms with van der Waals surface area (Å²) in [6, 6.07) is 11.6. The number of benzene rings is 1. The highest BCUT2D eigenvalue weighted by Crippen LogP contribution is 2.26. The van der Waals surface area contributed by atoms with Crippen LogP contribution in [0.4, 0.5) is 5.82 Å². The quantitative estimate of drug-likeness (QED) is 0.757. The number of ether oxygens (including phenoxy) is 1. The van der Waals surface area contributed by atoms with Crippen molar-refractivity contribution in [3.05, 3.63) is 59.9 Å². The summed E-state index contributed by atoms with van der Waals surface area (Å²) < 4.78 is 5.29. The molecule has 3 heterocycles. The Bertz CT molecular complexity index is 976. The molecule has 144 valence electrons. The summed E-state index contributed by atoms with van der Waals surface area (Å²) in [6.07, 6.45) is 3.41. The highest BCUT2D eigenvalue weighted by atomic mass is 16.5. The SMILES string of the molecule is COc1cccc(-c2[nH]ncc2C(=O)N2CCN(c3ncccc3C)CC2)c1. The van der Waals surface area contributed by atoms with Crippen LogP contribution in [-0.4, -0.2) is 59.3 Å². The number of rotatable bonds is 4. The second kappa shape index (κ2) is 7.72. The molecule has 1 amide bonds. The van der Waals surface area contributed by atoms with Gasteiger partial charge in [-0.05, 0) is 30.7 Å².